The van der Waals surface area contributed by atoms with Crippen LogP contribution in [0.5, 0.6) is 0 Å². The van der Waals surface area contributed by atoms with Crippen LogP contribution in [-0.4, -0.2) is 18.5 Å². The Bertz CT molecular complexity index is 980. The Morgan fingerprint density at radius 3 is 2.36 bits per heavy atom. The van der Waals surface area contributed by atoms with Crippen LogP contribution in [0.3, 0.4) is 0 Å². The zero-order chi connectivity index (χ0) is 20.1. The molecule has 0 aliphatic rings. The van der Waals surface area contributed by atoms with E-state index in [9.17, 15) is 22.8 Å². The van der Waals surface area contributed by atoms with E-state index in [0.29, 0.717) is 11.1 Å². The van der Waals surface area contributed by atoms with Gasteiger partial charge in [-0.15, -0.1) is 0 Å². The molecule has 8 heteroatoms. The molecule has 144 valence electrons. The average Bonchev–Trinajstić information content (AvgIpc) is 3.16. The molecular weight excluding hydrogens is 375 g/mol. The van der Waals surface area contributed by atoms with Crippen LogP contribution in [-0.2, 0) is 15.7 Å². The summed E-state index contributed by atoms with van der Waals surface area (Å²) in [5, 5.41) is 2.10. The van der Waals surface area contributed by atoms with Gasteiger partial charge in [-0.2, -0.15) is 13.2 Å². The zero-order valence-corrected chi connectivity index (χ0v) is 14.3. The van der Waals surface area contributed by atoms with Gasteiger partial charge in [0.25, 0.3) is 5.91 Å². The minimum absolute atomic E-state index is 0.102. The number of hydrogen-bond donors (Lipinski definition) is 1. The molecule has 1 amide bonds. The Kier molecular flexibility index (Phi) is 5.49. The Labute approximate surface area is 157 Å². The summed E-state index contributed by atoms with van der Waals surface area (Å²) in [4.78, 5) is 24.1. The number of hydrogen-bond acceptors (Lipinski definition) is 4. The van der Waals surface area contributed by atoms with Gasteiger partial charge in [0.1, 0.15) is 0 Å². The molecule has 3 rings (SSSR count). The molecule has 3 aromatic rings. The van der Waals surface area contributed by atoms with Crippen molar-refractivity contribution in [3.05, 3.63) is 78.3 Å². The Morgan fingerprint density at radius 1 is 0.964 bits per heavy atom. The number of rotatable bonds is 5. The van der Waals surface area contributed by atoms with Crippen LogP contribution in [0, 0.1) is 0 Å². The Hall–Kier alpha value is -3.55. The molecule has 0 unspecified atom stereocenters. The van der Waals surface area contributed by atoms with Crippen LogP contribution in [0.4, 0.5) is 18.9 Å². The van der Waals surface area contributed by atoms with Crippen molar-refractivity contribution < 1.29 is 31.9 Å². The molecule has 0 bridgehead atoms. The second-order valence-electron chi connectivity index (χ2n) is 5.70. The first-order valence-corrected chi connectivity index (χ1v) is 8.12. The fourth-order valence-corrected chi connectivity index (χ4v) is 2.53. The van der Waals surface area contributed by atoms with E-state index in [1.807, 2.05) is 6.07 Å². The number of anilines is 1. The number of esters is 1. The molecule has 1 aromatic heterocycles. The Balaban J connectivity index is 1.65. The summed E-state index contributed by atoms with van der Waals surface area (Å²) in [5.41, 5.74) is -0.216. The molecule has 5 nitrogen and oxygen atoms in total. The van der Waals surface area contributed by atoms with Gasteiger partial charge in [-0.05, 0) is 23.8 Å². The molecule has 1 heterocycles. The SMILES string of the molecule is O=C(COC(=O)c1occc1-c1ccccc1)Nc1ccccc1C(F)(F)F. The fraction of sp³-hybridized carbons (Fsp3) is 0.100. The molecular formula is C20H14F3NO4. The highest BCUT2D eigenvalue weighted by molar-refractivity contribution is 5.97. The lowest BCUT2D eigenvalue weighted by atomic mass is 10.1. The number of carbonyl (C=O) groups is 2. The number of nitrogens with one attached hydrogen (secondary N) is 1. The highest BCUT2D eigenvalue weighted by Gasteiger charge is 2.33. The predicted molar refractivity (Wildman–Crippen MR) is 94.5 cm³/mol. The summed E-state index contributed by atoms with van der Waals surface area (Å²) in [6.45, 7) is -0.764. The molecule has 0 spiro atoms. The summed E-state index contributed by atoms with van der Waals surface area (Å²) < 4.78 is 48.9. The number of para-hydroxylation sites is 1. The van der Waals surface area contributed by atoms with Gasteiger partial charge in [0.05, 0.1) is 17.5 Å². The first-order chi connectivity index (χ1) is 13.4. The molecule has 0 fully saturated rings. The largest absolute Gasteiger partial charge is 0.457 e. The molecule has 2 aromatic carbocycles. The second-order valence-corrected chi connectivity index (χ2v) is 5.70. The van der Waals surface area contributed by atoms with Crippen molar-refractivity contribution in [1.29, 1.82) is 0 Å². The second kappa shape index (κ2) is 7.99. The van der Waals surface area contributed by atoms with Gasteiger partial charge < -0.3 is 14.5 Å². The molecule has 0 saturated carbocycles. The molecule has 1 N–H and O–H groups in total. The van der Waals surface area contributed by atoms with Gasteiger partial charge in [0, 0.05) is 5.56 Å². The highest BCUT2D eigenvalue weighted by Crippen LogP contribution is 2.34. The average molecular weight is 389 g/mol. The summed E-state index contributed by atoms with van der Waals surface area (Å²) >= 11 is 0. The first-order valence-electron chi connectivity index (χ1n) is 8.12. The van der Waals surface area contributed by atoms with Crippen molar-refractivity contribution in [2.24, 2.45) is 0 Å². The van der Waals surface area contributed by atoms with E-state index in [-0.39, 0.29) is 5.76 Å². The van der Waals surface area contributed by atoms with Crippen LogP contribution in [0.2, 0.25) is 0 Å². The maximum atomic E-state index is 13.0. The van der Waals surface area contributed by atoms with Crippen molar-refractivity contribution in [1.82, 2.24) is 0 Å². The van der Waals surface area contributed by atoms with E-state index in [1.54, 1.807) is 30.3 Å². The minimum Gasteiger partial charge on any atom is -0.457 e. The van der Waals surface area contributed by atoms with E-state index >= 15 is 0 Å². The lowest BCUT2D eigenvalue weighted by Crippen LogP contribution is -2.22. The van der Waals surface area contributed by atoms with E-state index in [0.717, 1.165) is 12.1 Å². The van der Waals surface area contributed by atoms with E-state index in [4.69, 9.17) is 9.15 Å². The number of alkyl halides is 3. The highest BCUT2D eigenvalue weighted by atomic mass is 19.4. The number of ether oxygens (including phenoxy) is 1. The van der Waals surface area contributed by atoms with Crippen molar-refractivity contribution in [2.45, 2.75) is 6.18 Å². The van der Waals surface area contributed by atoms with Crippen LogP contribution in [0.25, 0.3) is 11.1 Å². The lowest BCUT2D eigenvalue weighted by molar-refractivity contribution is -0.137. The first kappa shape index (κ1) is 19.2. The zero-order valence-electron chi connectivity index (χ0n) is 14.3. The predicted octanol–water partition coefficient (Wildman–Crippen LogP) is 4.76. The monoisotopic (exact) mass is 389 g/mol. The number of furan rings is 1. The molecule has 0 radical (unpaired) electrons. The fourth-order valence-electron chi connectivity index (χ4n) is 2.53. The molecule has 0 atom stereocenters. The third-order valence-electron chi connectivity index (χ3n) is 3.78. The number of benzene rings is 2. The normalized spacial score (nSPS) is 11.1. The Morgan fingerprint density at radius 2 is 1.64 bits per heavy atom. The van der Waals surface area contributed by atoms with Gasteiger partial charge in [-0.25, -0.2) is 4.79 Å². The van der Waals surface area contributed by atoms with Gasteiger partial charge >= 0.3 is 12.1 Å². The van der Waals surface area contributed by atoms with Crippen LogP contribution in [0.15, 0.2) is 71.3 Å². The quantitative estimate of drug-likeness (QED) is 0.639. The summed E-state index contributed by atoms with van der Waals surface area (Å²) in [7, 11) is 0. The van der Waals surface area contributed by atoms with Crippen molar-refractivity contribution in [2.75, 3.05) is 11.9 Å². The van der Waals surface area contributed by atoms with Crippen LogP contribution < -0.4 is 5.32 Å². The molecule has 0 aliphatic heterocycles. The van der Waals surface area contributed by atoms with Crippen LogP contribution >= 0.6 is 0 Å². The minimum atomic E-state index is -4.63. The van der Waals surface area contributed by atoms with Crippen LogP contribution in [0.1, 0.15) is 16.1 Å². The van der Waals surface area contributed by atoms with Crippen molar-refractivity contribution in [3.8, 4) is 11.1 Å². The lowest BCUT2D eigenvalue weighted by Gasteiger charge is -2.13. The van der Waals surface area contributed by atoms with Gasteiger partial charge in [0.15, 0.2) is 6.61 Å². The standard InChI is InChI=1S/C20H14F3NO4/c21-20(22,23)15-8-4-5-9-16(15)24-17(25)12-28-19(26)18-14(10-11-27-18)13-6-2-1-3-7-13/h1-11H,12H2,(H,24,25). The van der Waals surface area contributed by atoms with E-state index < -0.39 is 35.9 Å². The maximum Gasteiger partial charge on any atom is 0.418 e. The summed E-state index contributed by atoms with van der Waals surface area (Å²) in [5.74, 6) is -1.91. The maximum absolute atomic E-state index is 13.0. The summed E-state index contributed by atoms with van der Waals surface area (Å²) in [6.07, 6.45) is -3.32. The summed E-state index contributed by atoms with van der Waals surface area (Å²) in [6, 6.07) is 15.0. The topological polar surface area (TPSA) is 68.5 Å². The van der Waals surface area contributed by atoms with Gasteiger partial charge in [0.2, 0.25) is 5.76 Å². The number of halogens is 3. The molecule has 0 saturated heterocycles. The third-order valence-corrected chi connectivity index (χ3v) is 3.78. The third kappa shape index (κ3) is 4.40. The number of amides is 1. The number of carbonyl (C=O) groups excluding carboxylic acids is 2. The van der Waals surface area contributed by atoms with Crippen molar-refractivity contribution >= 4 is 17.6 Å². The van der Waals surface area contributed by atoms with E-state index in [2.05, 4.69) is 5.32 Å². The van der Waals surface area contributed by atoms with E-state index in [1.165, 1.54) is 18.4 Å². The molecule has 28 heavy (non-hydrogen) atoms. The molecule has 0 aliphatic carbocycles. The van der Waals surface area contributed by atoms with Gasteiger partial charge in [-0.1, -0.05) is 42.5 Å². The van der Waals surface area contributed by atoms with Crippen molar-refractivity contribution in [3.63, 3.8) is 0 Å². The smallest absolute Gasteiger partial charge is 0.418 e. The van der Waals surface area contributed by atoms with Gasteiger partial charge in [-0.3, -0.25) is 4.79 Å².